The SMILES string of the molecule is CCC(=O)N1CCc2ccc(NC(=O)COc3ccc(C)c(C)c3)cc2C1. The predicted molar refractivity (Wildman–Crippen MR) is 106 cm³/mol. The zero-order chi connectivity index (χ0) is 19.4. The third-order valence-electron chi connectivity index (χ3n) is 5.01. The number of fused-ring (bicyclic) bond motifs is 1. The Labute approximate surface area is 160 Å². The molecule has 1 aliphatic rings. The number of nitrogens with zero attached hydrogens (tertiary/aromatic N) is 1. The van der Waals surface area contributed by atoms with Gasteiger partial charge in [0.15, 0.2) is 6.61 Å². The maximum atomic E-state index is 12.2. The maximum absolute atomic E-state index is 12.2. The molecule has 0 atom stereocenters. The summed E-state index contributed by atoms with van der Waals surface area (Å²) in [5.74, 6) is 0.648. The molecule has 0 bridgehead atoms. The molecule has 1 N–H and O–H groups in total. The first kappa shape index (κ1) is 19.0. The monoisotopic (exact) mass is 366 g/mol. The number of carbonyl (C=O) groups excluding carboxylic acids is 2. The predicted octanol–water partition coefficient (Wildman–Crippen LogP) is 3.62. The number of hydrogen-bond donors (Lipinski definition) is 1. The molecule has 2 aromatic carbocycles. The minimum absolute atomic E-state index is 0.0416. The number of carbonyl (C=O) groups is 2. The Kier molecular flexibility index (Phi) is 5.79. The molecule has 142 valence electrons. The topological polar surface area (TPSA) is 58.6 Å². The van der Waals surface area contributed by atoms with E-state index in [-0.39, 0.29) is 18.4 Å². The Morgan fingerprint density at radius 1 is 1.07 bits per heavy atom. The first-order valence-electron chi connectivity index (χ1n) is 9.35. The summed E-state index contributed by atoms with van der Waals surface area (Å²) in [6.45, 7) is 7.25. The first-order chi connectivity index (χ1) is 13.0. The highest BCUT2D eigenvalue weighted by Crippen LogP contribution is 2.23. The van der Waals surface area contributed by atoms with Gasteiger partial charge in [0, 0.05) is 25.2 Å². The molecule has 0 aromatic heterocycles. The van der Waals surface area contributed by atoms with Gasteiger partial charge < -0.3 is 15.0 Å². The van der Waals surface area contributed by atoms with Gasteiger partial charge in [-0.25, -0.2) is 0 Å². The summed E-state index contributed by atoms with van der Waals surface area (Å²) in [6, 6.07) is 11.7. The number of rotatable bonds is 5. The van der Waals surface area contributed by atoms with Crippen LogP contribution in [0.4, 0.5) is 5.69 Å². The van der Waals surface area contributed by atoms with Crippen LogP contribution >= 0.6 is 0 Å². The van der Waals surface area contributed by atoms with E-state index in [9.17, 15) is 9.59 Å². The Morgan fingerprint density at radius 2 is 1.89 bits per heavy atom. The fraction of sp³-hybridized carbons (Fsp3) is 0.364. The van der Waals surface area contributed by atoms with Gasteiger partial charge in [0.05, 0.1) is 0 Å². The van der Waals surface area contributed by atoms with Crippen LogP contribution < -0.4 is 10.1 Å². The standard InChI is InChI=1S/C22H26N2O3/c1-4-22(26)24-10-9-17-6-7-19(12-18(17)13-24)23-21(25)14-27-20-8-5-15(2)16(3)11-20/h5-8,11-12H,4,9-10,13-14H2,1-3H3,(H,23,25). The highest BCUT2D eigenvalue weighted by Gasteiger charge is 2.20. The van der Waals surface area contributed by atoms with Crippen molar-refractivity contribution in [3.63, 3.8) is 0 Å². The van der Waals surface area contributed by atoms with Gasteiger partial charge in [-0.3, -0.25) is 9.59 Å². The van der Waals surface area contributed by atoms with Crippen LogP contribution in [0, 0.1) is 13.8 Å². The molecule has 0 spiro atoms. The van der Waals surface area contributed by atoms with Crippen LogP contribution in [0.1, 0.15) is 35.6 Å². The van der Waals surface area contributed by atoms with E-state index >= 15 is 0 Å². The minimum atomic E-state index is -0.203. The molecule has 1 aliphatic heterocycles. The molecule has 0 aliphatic carbocycles. The molecule has 0 unspecified atom stereocenters. The summed E-state index contributed by atoms with van der Waals surface area (Å²) in [5.41, 5.74) is 5.38. The van der Waals surface area contributed by atoms with E-state index < -0.39 is 0 Å². The third-order valence-corrected chi connectivity index (χ3v) is 5.01. The summed E-state index contributed by atoms with van der Waals surface area (Å²) in [4.78, 5) is 26.0. The van der Waals surface area contributed by atoms with Gasteiger partial charge in [0.1, 0.15) is 5.75 Å². The Hall–Kier alpha value is -2.82. The molecule has 2 aromatic rings. The number of aryl methyl sites for hydroxylation is 2. The summed E-state index contributed by atoms with van der Waals surface area (Å²) in [5, 5.41) is 2.88. The molecule has 0 saturated heterocycles. The minimum Gasteiger partial charge on any atom is -0.484 e. The second kappa shape index (κ2) is 8.25. The number of amides is 2. The van der Waals surface area contributed by atoms with Crippen LogP contribution in [0.2, 0.25) is 0 Å². The Bertz CT molecular complexity index is 861. The molecular formula is C22H26N2O3. The van der Waals surface area contributed by atoms with Crippen LogP contribution in [-0.4, -0.2) is 29.9 Å². The van der Waals surface area contributed by atoms with E-state index in [4.69, 9.17) is 4.74 Å². The van der Waals surface area contributed by atoms with Gasteiger partial charge in [-0.15, -0.1) is 0 Å². The van der Waals surface area contributed by atoms with Crippen molar-refractivity contribution in [1.29, 1.82) is 0 Å². The highest BCUT2D eigenvalue weighted by atomic mass is 16.5. The summed E-state index contributed by atoms with van der Waals surface area (Å²) < 4.78 is 5.59. The molecule has 0 radical (unpaired) electrons. The maximum Gasteiger partial charge on any atom is 0.262 e. The van der Waals surface area contributed by atoms with Crippen LogP contribution in [0.5, 0.6) is 5.75 Å². The smallest absolute Gasteiger partial charge is 0.262 e. The lowest BCUT2D eigenvalue weighted by Crippen LogP contribution is -2.35. The summed E-state index contributed by atoms with van der Waals surface area (Å²) in [6.07, 6.45) is 1.37. The van der Waals surface area contributed by atoms with Gasteiger partial charge in [-0.2, -0.15) is 0 Å². The van der Waals surface area contributed by atoms with Gasteiger partial charge in [-0.05, 0) is 66.8 Å². The van der Waals surface area contributed by atoms with Crippen LogP contribution in [0.3, 0.4) is 0 Å². The molecule has 0 saturated carbocycles. The molecule has 3 rings (SSSR count). The quantitative estimate of drug-likeness (QED) is 0.879. The van der Waals surface area contributed by atoms with Crippen molar-refractivity contribution in [2.24, 2.45) is 0 Å². The van der Waals surface area contributed by atoms with Crippen LogP contribution in [0.25, 0.3) is 0 Å². The number of benzene rings is 2. The molecule has 5 heteroatoms. The zero-order valence-electron chi connectivity index (χ0n) is 16.2. The van der Waals surface area contributed by atoms with Gasteiger partial charge in [0.2, 0.25) is 5.91 Å². The number of ether oxygens (including phenoxy) is 1. The van der Waals surface area contributed by atoms with E-state index in [2.05, 4.69) is 5.32 Å². The molecule has 5 nitrogen and oxygen atoms in total. The van der Waals surface area contributed by atoms with Crippen molar-refractivity contribution < 1.29 is 14.3 Å². The van der Waals surface area contributed by atoms with Gasteiger partial charge >= 0.3 is 0 Å². The average Bonchev–Trinajstić information content (AvgIpc) is 2.67. The van der Waals surface area contributed by atoms with Crippen LogP contribution in [0.15, 0.2) is 36.4 Å². The lowest BCUT2D eigenvalue weighted by Gasteiger charge is -2.29. The Balaban J connectivity index is 1.60. The van der Waals surface area contributed by atoms with E-state index in [1.165, 1.54) is 11.1 Å². The zero-order valence-corrected chi connectivity index (χ0v) is 16.2. The van der Waals surface area contributed by atoms with E-state index in [1.807, 2.05) is 62.1 Å². The molecule has 2 amide bonds. The van der Waals surface area contributed by atoms with Crippen LogP contribution in [-0.2, 0) is 22.6 Å². The largest absolute Gasteiger partial charge is 0.484 e. The molecular weight excluding hydrogens is 340 g/mol. The fourth-order valence-corrected chi connectivity index (χ4v) is 3.22. The van der Waals surface area contributed by atoms with Gasteiger partial charge in [-0.1, -0.05) is 19.1 Å². The summed E-state index contributed by atoms with van der Waals surface area (Å²) >= 11 is 0. The second-order valence-corrected chi connectivity index (χ2v) is 6.99. The number of hydrogen-bond acceptors (Lipinski definition) is 3. The Morgan fingerprint density at radius 3 is 2.63 bits per heavy atom. The molecule has 0 fully saturated rings. The van der Waals surface area contributed by atoms with Crippen molar-refractivity contribution in [2.75, 3.05) is 18.5 Å². The van der Waals surface area contributed by atoms with Crippen molar-refractivity contribution >= 4 is 17.5 Å². The van der Waals surface area contributed by atoms with Crippen molar-refractivity contribution in [1.82, 2.24) is 4.90 Å². The van der Waals surface area contributed by atoms with Crippen molar-refractivity contribution in [2.45, 2.75) is 40.2 Å². The lowest BCUT2D eigenvalue weighted by atomic mass is 9.99. The second-order valence-electron chi connectivity index (χ2n) is 6.99. The number of anilines is 1. The van der Waals surface area contributed by atoms with Gasteiger partial charge in [0.25, 0.3) is 5.91 Å². The number of nitrogens with one attached hydrogen (secondary N) is 1. The molecule has 1 heterocycles. The third kappa shape index (κ3) is 4.67. The van der Waals surface area contributed by atoms with E-state index in [0.717, 1.165) is 29.8 Å². The van der Waals surface area contributed by atoms with Crippen molar-refractivity contribution in [3.8, 4) is 5.75 Å². The van der Waals surface area contributed by atoms with E-state index in [1.54, 1.807) is 0 Å². The van der Waals surface area contributed by atoms with E-state index in [0.29, 0.717) is 18.7 Å². The average molecular weight is 366 g/mol. The summed E-state index contributed by atoms with van der Waals surface area (Å²) in [7, 11) is 0. The van der Waals surface area contributed by atoms with Crippen molar-refractivity contribution in [3.05, 3.63) is 58.7 Å². The fourth-order valence-electron chi connectivity index (χ4n) is 3.22. The highest BCUT2D eigenvalue weighted by molar-refractivity contribution is 5.92. The molecule has 27 heavy (non-hydrogen) atoms. The normalized spacial score (nSPS) is 13.1. The lowest BCUT2D eigenvalue weighted by molar-refractivity contribution is -0.131. The first-order valence-corrected chi connectivity index (χ1v) is 9.35.